The van der Waals surface area contributed by atoms with Gasteiger partial charge in [-0.1, -0.05) is 25.1 Å². The molecule has 1 aromatic rings. The van der Waals surface area contributed by atoms with Gasteiger partial charge in [0, 0.05) is 24.8 Å². The minimum atomic E-state index is -0.0967. The smallest absolute Gasteiger partial charge is 0.230 e. The lowest BCUT2D eigenvalue weighted by Gasteiger charge is -2.34. The second kappa shape index (κ2) is 6.75. The molecule has 1 heterocycles. The van der Waals surface area contributed by atoms with Crippen molar-refractivity contribution < 1.29 is 9.90 Å². The fraction of sp³-hybridized carbons (Fsp3) is 0.562. The molecule has 2 unspecified atom stereocenters. The first kappa shape index (κ1) is 14.9. The second-order valence-corrected chi connectivity index (χ2v) is 5.47. The van der Waals surface area contributed by atoms with Crippen molar-refractivity contribution >= 4 is 11.6 Å². The molecule has 0 saturated carbocycles. The van der Waals surface area contributed by atoms with Crippen molar-refractivity contribution in [2.45, 2.75) is 38.6 Å². The van der Waals surface area contributed by atoms with E-state index in [2.05, 4.69) is 19.2 Å². The molecule has 4 heteroatoms. The maximum absolute atomic E-state index is 12.8. The summed E-state index contributed by atoms with van der Waals surface area (Å²) in [6.07, 6.45) is 1.72. The molecule has 1 aliphatic rings. The van der Waals surface area contributed by atoms with E-state index in [0.29, 0.717) is 13.1 Å². The van der Waals surface area contributed by atoms with Gasteiger partial charge >= 0.3 is 0 Å². The van der Waals surface area contributed by atoms with E-state index in [0.717, 1.165) is 24.1 Å². The molecule has 0 aliphatic carbocycles. The van der Waals surface area contributed by atoms with Crippen LogP contribution in [0.2, 0.25) is 0 Å². The van der Waals surface area contributed by atoms with Crippen LogP contribution >= 0.6 is 0 Å². The van der Waals surface area contributed by atoms with Gasteiger partial charge in [-0.2, -0.15) is 0 Å². The van der Waals surface area contributed by atoms with Crippen LogP contribution in [0.5, 0.6) is 0 Å². The van der Waals surface area contributed by atoms with Crippen molar-refractivity contribution in [3.63, 3.8) is 0 Å². The molecule has 20 heavy (non-hydrogen) atoms. The highest BCUT2D eigenvalue weighted by molar-refractivity contribution is 5.86. The Bertz CT molecular complexity index is 456. The summed E-state index contributed by atoms with van der Waals surface area (Å²) in [5, 5.41) is 12.6. The number of nitrogens with one attached hydrogen (secondary N) is 1. The number of para-hydroxylation sites is 1. The maximum Gasteiger partial charge on any atom is 0.230 e. The Labute approximate surface area is 120 Å². The SMILES string of the molecule is CCCN(CCO)C(=O)C1CC(C)Nc2ccccc21. The standard InChI is InChI=1S/C16H24N2O2/c1-3-8-18(9-10-19)16(20)14-11-12(2)17-15-7-5-4-6-13(14)15/h4-7,12,14,17,19H,3,8-11H2,1-2H3. The van der Waals surface area contributed by atoms with Gasteiger partial charge in [0.15, 0.2) is 0 Å². The van der Waals surface area contributed by atoms with E-state index in [1.807, 2.05) is 24.3 Å². The molecule has 2 N–H and O–H groups in total. The van der Waals surface area contributed by atoms with Crippen molar-refractivity contribution in [1.82, 2.24) is 4.90 Å². The number of hydrogen-bond acceptors (Lipinski definition) is 3. The number of hydrogen-bond donors (Lipinski definition) is 2. The van der Waals surface area contributed by atoms with Gasteiger partial charge in [0.2, 0.25) is 5.91 Å². The Hall–Kier alpha value is -1.55. The fourth-order valence-electron chi connectivity index (χ4n) is 2.91. The van der Waals surface area contributed by atoms with Crippen LogP contribution in [-0.4, -0.2) is 41.7 Å². The highest BCUT2D eigenvalue weighted by atomic mass is 16.3. The Morgan fingerprint density at radius 3 is 2.85 bits per heavy atom. The Kier molecular flexibility index (Phi) is 5.01. The largest absolute Gasteiger partial charge is 0.395 e. The van der Waals surface area contributed by atoms with E-state index < -0.39 is 0 Å². The predicted molar refractivity (Wildman–Crippen MR) is 80.8 cm³/mol. The molecule has 2 atom stereocenters. The average Bonchev–Trinajstić information content (AvgIpc) is 2.45. The lowest BCUT2D eigenvalue weighted by atomic mass is 9.86. The molecule has 0 radical (unpaired) electrons. The van der Waals surface area contributed by atoms with E-state index in [1.165, 1.54) is 0 Å². The molecule has 2 rings (SSSR count). The van der Waals surface area contributed by atoms with E-state index in [1.54, 1.807) is 4.90 Å². The number of carbonyl (C=O) groups excluding carboxylic acids is 1. The van der Waals surface area contributed by atoms with Crippen LogP contribution in [0.15, 0.2) is 24.3 Å². The topological polar surface area (TPSA) is 52.6 Å². The summed E-state index contributed by atoms with van der Waals surface area (Å²) in [5.41, 5.74) is 2.14. The number of benzene rings is 1. The quantitative estimate of drug-likeness (QED) is 0.867. The fourth-order valence-corrected chi connectivity index (χ4v) is 2.91. The summed E-state index contributed by atoms with van der Waals surface area (Å²) in [6.45, 7) is 5.31. The van der Waals surface area contributed by atoms with E-state index in [-0.39, 0.29) is 24.5 Å². The number of fused-ring (bicyclic) bond motifs is 1. The van der Waals surface area contributed by atoms with Crippen LogP contribution in [-0.2, 0) is 4.79 Å². The van der Waals surface area contributed by atoms with E-state index in [4.69, 9.17) is 5.11 Å². The van der Waals surface area contributed by atoms with Gasteiger partial charge in [0.1, 0.15) is 0 Å². The van der Waals surface area contributed by atoms with Crippen molar-refractivity contribution in [3.05, 3.63) is 29.8 Å². The van der Waals surface area contributed by atoms with Crippen LogP contribution in [0.25, 0.3) is 0 Å². The van der Waals surface area contributed by atoms with Crippen LogP contribution in [0, 0.1) is 0 Å². The Morgan fingerprint density at radius 2 is 2.15 bits per heavy atom. The van der Waals surface area contributed by atoms with Gasteiger partial charge in [-0.3, -0.25) is 4.79 Å². The highest BCUT2D eigenvalue weighted by Gasteiger charge is 2.31. The molecular formula is C16H24N2O2. The predicted octanol–water partition coefficient (Wildman–Crippen LogP) is 2.21. The summed E-state index contributed by atoms with van der Waals surface area (Å²) < 4.78 is 0. The van der Waals surface area contributed by atoms with Crippen LogP contribution in [0.4, 0.5) is 5.69 Å². The van der Waals surface area contributed by atoms with Crippen LogP contribution in [0.1, 0.15) is 38.2 Å². The monoisotopic (exact) mass is 276 g/mol. The molecule has 4 nitrogen and oxygen atoms in total. The maximum atomic E-state index is 12.8. The Morgan fingerprint density at radius 1 is 1.40 bits per heavy atom. The highest BCUT2D eigenvalue weighted by Crippen LogP contribution is 2.35. The number of anilines is 1. The number of amides is 1. The van der Waals surface area contributed by atoms with Crippen LogP contribution < -0.4 is 5.32 Å². The Balaban J connectivity index is 2.24. The van der Waals surface area contributed by atoms with Gasteiger partial charge in [-0.15, -0.1) is 0 Å². The minimum Gasteiger partial charge on any atom is -0.395 e. The number of carbonyl (C=O) groups is 1. The van der Waals surface area contributed by atoms with Crippen LogP contribution in [0.3, 0.4) is 0 Å². The molecule has 1 aromatic carbocycles. The third kappa shape index (κ3) is 3.12. The third-order valence-corrected chi connectivity index (χ3v) is 3.80. The van der Waals surface area contributed by atoms with E-state index in [9.17, 15) is 4.79 Å². The zero-order valence-electron chi connectivity index (χ0n) is 12.3. The first-order chi connectivity index (χ1) is 9.67. The molecular weight excluding hydrogens is 252 g/mol. The molecule has 0 bridgehead atoms. The third-order valence-electron chi connectivity index (χ3n) is 3.80. The first-order valence-corrected chi connectivity index (χ1v) is 7.42. The number of aliphatic hydroxyl groups excluding tert-OH is 1. The normalized spacial score (nSPS) is 20.9. The second-order valence-electron chi connectivity index (χ2n) is 5.47. The number of rotatable bonds is 5. The van der Waals surface area contributed by atoms with Gasteiger partial charge in [0.25, 0.3) is 0 Å². The summed E-state index contributed by atoms with van der Waals surface area (Å²) in [6, 6.07) is 8.31. The summed E-state index contributed by atoms with van der Waals surface area (Å²) in [7, 11) is 0. The number of nitrogens with zero attached hydrogens (tertiary/aromatic N) is 1. The summed E-state index contributed by atoms with van der Waals surface area (Å²) >= 11 is 0. The summed E-state index contributed by atoms with van der Waals surface area (Å²) in [5.74, 6) is 0.0437. The molecule has 110 valence electrons. The minimum absolute atomic E-state index is 0.0217. The van der Waals surface area contributed by atoms with Gasteiger partial charge in [-0.05, 0) is 31.4 Å². The average molecular weight is 276 g/mol. The van der Waals surface area contributed by atoms with Crippen molar-refractivity contribution in [3.8, 4) is 0 Å². The van der Waals surface area contributed by atoms with Crippen molar-refractivity contribution in [1.29, 1.82) is 0 Å². The lowest BCUT2D eigenvalue weighted by molar-refractivity contribution is -0.133. The number of aliphatic hydroxyl groups is 1. The van der Waals surface area contributed by atoms with Gasteiger partial charge in [-0.25, -0.2) is 0 Å². The molecule has 1 amide bonds. The molecule has 0 fully saturated rings. The molecule has 0 aromatic heterocycles. The zero-order valence-corrected chi connectivity index (χ0v) is 12.3. The van der Waals surface area contributed by atoms with Crippen molar-refractivity contribution in [2.24, 2.45) is 0 Å². The molecule has 1 aliphatic heterocycles. The zero-order chi connectivity index (χ0) is 14.5. The van der Waals surface area contributed by atoms with Crippen molar-refractivity contribution in [2.75, 3.05) is 25.0 Å². The first-order valence-electron chi connectivity index (χ1n) is 7.42. The lowest BCUT2D eigenvalue weighted by Crippen LogP contribution is -2.41. The van der Waals surface area contributed by atoms with E-state index >= 15 is 0 Å². The molecule has 0 saturated heterocycles. The summed E-state index contributed by atoms with van der Waals surface area (Å²) in [4.78, 5) is 14.6. The van der Waals surface area contributed by atoms with Gasteiger partial charge in [0.05, 0.1) is 12.5 Å². The van der Waals surface area contributed by atoms with Gasteiger partial charge < -0.3 is 15.3 Å². The molecule has 0 spiro atoms.